The number of aromatic nitrogens is 2. The van der Waals surface area contributed by atoms with E-state index in [0.29, 0.717) is 17.1 Å². The van der Waals surface area contributed by atoms with Crippen molar-refractivity contribution in [1.82, 2.24) is 20.0 Å². The van der Waals surface area contributed by atoms with Crippen LogP contribution in [0.25, 0.3) is 0 Å². The van der Waals surface area contributed by atoms with Gasteiger partial charge >= 0.3 is 0 Å². The summed E-state index contributed by atoms with van der Waals surface area (Å²) in [5.74, 6) is -0.529. The predicted octanol–water partition coefficient (Wildman–Crippen LogP) is 2.17. The average molecular weight is 351 g/mol. The summed E-state index contributed by atoms with van der Waals surface area (Å²) in [5, 5.41) is 7.79. The Kier molecular flexibility index (Phi) is 4.87. The Morgan fingerprint density at radius 3 is 2.96 bits per heavy atom. The fraction of sp³-hybridized carbons (Fsp3) is 0.412. The van der Waals surface area contributed by atoms with Gasteiger partial charge in [0.15, 0.2) is 0 Å². The van der Waals surface area contributed by atoms with Crippen LogP contribution in [0.5, 0.6) is 0 Å². The molecule has 24 heavy (non-hydrogen) atoms. The number of hydrogen-bond donors (Lipinski definition) is 1. The van der Waals surface area contributed by atoms with Crippen molar-refractivity contribution in [3.8, 4) is 0 Å². The molecular formula is C17H20ClFN4O. The van der Waals surface area contributed by atoms with E-state index in [1.807, 2.05) is 13.2 Å². The summed E-state index contributed by atoms with van der Waals surface area (Å²) in [6, 6.07) is 4.55. The fourth-order valence-corrected chi connectivity index (χ4v) is 3.42. The van der Waals surface area contributed by atoms with Gasteiger partial charge in [-0.15, -0.1) is 0 Å². The zero-order valence-corrected chi connectivity index (χ0v) is 14.4. The molecule has 1 aliphatic heterocycles. The van der Waals surface area contributed by atoms with Gasteiger partial charge in [-0.3, -0.25) is 9.48 Å². The lowest BCUT2D eigenvalue weighted by Crippen LogP contribution is -2.36. The highest BCUT2D eigenvalue weighted by Crippen LogP contribution is 2.30. The van der Waals surface area contributed by atoms with Gasteiger partial charge in [0.1, 0.15) is 5.82 Å². The molecule has 0 aliphatic carbocycles. The van der Waals surface area contributed by atoms with Crippen molar-refractivity contribution in [2.24, 2.45) is 13.0 Å². The molecule has 1 fully saturated rings. The zero-order valence-electron chi connectivity index (χ0n) is 13.7. The molecule has 0 spiro atoms. The molecule has 0 saturated carbocycles. The number of rotatable bonds is 4. The highest BCUT2D eigenvalue weighted by Gasteiger charge is 2.36. The van der Waals surface area contributed by atoms with E-state index in [1.54, 1.807) is 35.0 Å². The molecule has 1 aromatic heterocycles. The largest absolute Gasteiger partial charge is 0.341 e. The Morgan fingerprint density at radius 2 is 2.29 bits per heavy atom. The molecule has 0 bridgehead atoms. The molecule has 1 saturated heterocycles. The monoisotopic (exact) mass is 350 g/mol. The maximum Gasteiger partial charge on any atom is 0.227 e. The van der Waals surface area contributed by atoms with E-state index in [-0.39, 0.29) is 24.3 Å². The van der Waals surface area contributed by atoms with Gasteiger partial charge in [-0.25, -0.2) is 4.39 Å². The number of carbonyl (C=O) groups is 1. The standard InChI is InChI=1S/C17H20ClFN4O/c1-22(10-14-15(18)4-3-5-16(14)19)17(24)13-8-20-7-12(13)11-6-21-23(2)9-11/h3-6,9,12-13,20H,7-8,10H2,1-2H3/t12-,13+/m1/s1. The van der Waals surface area contributed by atoms with Crippen molar-refractivity contribution in [2.45, 2.75) is 12.5 Å². The Labute approximate surface area is 145 Å². The molecule has 0 unspecified atom stereocenters. The Bertz CT molecular complexity index is 728. The van der Waals surface area contributed by atoms with Crippen molar-refractivity contribution in [1.29, 1.82) is 0 Å². The number of aryl methyl sites for hydroxylation is 1. The van der Waals surface area contributed by atoms with Gasteiger partial charge in [0.25, 0.3) is 0 Å². The van der Waals surface area contributed by atoms with Gasteiger partial charge in [-0.2, -0.15) is 5.10 Å². The molecule has 3 rings (SSSR count). The van der Waals surface area contributed by atoms with E-state index in [2.05, 4.69) is 10.4 Å². The van der Waals surface area contributed by atoms with Gasteiger partial charge in [0, 0.05) is 56.4 Å². The van der Waals surface area contributed by atoms with Gasteiger partial charge in [0.05, 0.1) is 12.1 Å². The number of nitrogens with zero attached hydrogens (tertiary/aromatic N) is 3. The van der Waals surface area contributed by atoms with E-state index in [0.717, 1.165) is 12.1 Å². The van der Waals surface area contributed by atoms with Crippen molar-refractivity contribution in [3.05, 3.63) is 52.6 Å². The van der Waals surface area contributed by atoms with E-state index in [4.69, 9.17) is 11.6 Å². The molecule has 1 N–H and O–H groups in total. The van der Waals surface area contributed by atoms with Crippen LogP contribution < -0.4 is 5.32 Å². The topological polar surface area (TPSA) is 50.2 Å². The van der Waals surface area contributed by atoms with Crippen LogP contribution in [-0.4, -0.2) is 40.7 Å². The van der Waals surface area contributed by atoms with E-state index in [1.165, 1.54) is 6.07 Å². The van der Waals surface area contributed by atoms with Crippen LogP contribution in [0.3, 0.4) is 0 Å². The average Bonchev–Trinajstić information content (AvgIpc) is 3.18. The predicted molar refractivity (Wildman–Crippen MR) is 90.2 cm³/mol. The first kappa shape index (κ1) is 16.9. The second kappa shape index (κ2) is 6.91. The first-order valence-electron chi connectivity index (χ1n) is 7.84. The van der Waals surface area contributed by atoms with E-state index in [9.17, 15) is 9.18 Å². The number of nitrogens with one attached hydrogen (secondary N) is 1. The van der Waals surface area contributed by atoms with Crippen LogP contribution in [-0.2, 0) is 18.4 Å². The Hall–Kier alpha value is -1.92. The SMILES string of the molecule is CN(Cc1c(F)cccc1Cl)C(=O)[C@H]1CNC[C@@H]1c1cnn(C)c1. The van der Waals surface area contributed by atoms with Crippen molar-refractivity contribution < 1.29 is 9.18 Å². The molecule has 128 valence electrons. The number of carbonyl (C=O) groups excluding carboxylic acids is 1. The molecule has 1 aliphatic rings. The van der Waals surface area contributed by atoms with Gasteiger partial charge in [0.2, 0.25) is 5.91 Å². The van der Waals surface area contributed by atoms with Crippen molar-refractivity contribution in [3.63, 3.8) is 0 Å². The summed E-state index contributed by atoms with van der Waals surface area (Å²) in [4.78, 5) is 14.4. The molecule has 0 radical (unpaired) electrons. The Morgan fingerprint density at radius 1 is 1.50 bits per heavy atom. The first-order chi connectivity index (χ1) is 11.5. The van der Waals surface area contributed by atoms with E-state index >= 15 is 0 Å². The molecule has 1 aromatic carbocycles. The summed E-state index contributed by atoms with van der Waals surface area (Å²) in [7, 11) is 3.54. The minimum atomic E-state index is -0.393. The second-order valence-corrected chi connectivity index (χ2v) is 6.62. The second-order valence-electron chi connectivity index (χ2n) is 6.21. The summed E-state index contributed by atoms with van der Waals surface area (Å²) < 4.78 is 15.7. The lowest BCUT2D eigenvalue weighted by Gasteiger charge is -2.24. The number of benzene rings is 1. The molecule has 2 aromatic rings. The van der Waals surface area contributed by atoms with Crippen LogP contribution in [0.1, 0.15) is 17.0 Å². The fourth-order valence-electron chi connectivity index (χ4n) is 3.20. The van der Waals surface area contributed by atoms with Crippen LogP contribution in [0, 0.1) is 11.7 Å². The van der Waals surface area contributed by atoms with E-state index < -0.39 is 5.82 Å². The molecule has 2 heterocycles. The molecule has 1 amide bonds. The van der Waals surface area contributed by atoms with Gasteiger partial charge in [-0.05, 0) is 17.7 Å². The number of amides is 1. The smallest absolute Gasteiger partial charge is 0.227 e. The number of halogens is 2. The lowest BCUT2D eigenvalue weighted by molar-refractivity contribution is -0.134. The van der Waals surface area contributed by atoms with Crippen molar-refractivity contribution in [2.75, 3.05) is 20.1 Å². The summed E-state index contributed by atoms with van der Waals surface area (Å²) in [6.07, 6.45) is 3.73. The third-order valence-corrected chi connectivity index (χ3v) is 4.87. The van der Waals surface area contributed by atoms with Gasteiger partial charge < -0.3 is 10.2 Å². The summed E-state index contributed by atoms with van der Waals surface area (Å²) in [6.45, 7) is 1.49. The quantitative estimate of drug-likeness (QED) is 0.919. The maximum atomic E-state index is 14.0. The lowest BCUT2D eigenvalue weighted by atomic mass is 9.90. The summed E-state index contributed by atoms with van der Waals surface area (Å²) in [5.41, 5.74) is 1.39. The first-order valence-corrected chi connectivity index (χ1v) is 8.22. The third kappa shape index (κ3) is 3.30. The minimum absolute atomic E-state index is 0.0202. The van der Waals surface area contributed by atoms with Crippen LogP contribution >= 0.6 is 11.6 Å². The van der Waals surface area contributed by atoms with Crippen molar-refractivity contribution >= 4 is 17.5 Å². The third-order valence-electron chi connectivity index (χ3n) is 4.52. The molecule has 7 heteroatoms. The van der Waals surface area contributed by atoms with Crippen LogP contribution in [0.2, 0.25) is 5.02 Å². The minimum Gasteiger partial charge on any atom is -0.341 e. The Balaban J connectivity index is 1.75. The molecule has 5 nitrogen and oxygen atoms in total. The molecule has 2 atom stereocenters. The molecular weight excluding hydrogens is 331 g/mol. The number of hydrogen-bond acceptors (Lipinski definition) is 3. The summed E-state index contributed by atoms with van der Waals surface area (Å²) >= 11 is 6.06. The zero-order chi connectivity index (χ0) is 17.3. The van der Waals surface area contributed by atoms with Gasteiger partial charge in [-0.1, -0.05) is 17.7 Å². The highest BCUT2D eigenvalue weighted by atomic mass is 35.5. The van der Waals surface area contributed by atoms with Crippen LogP contribution in [0.15, 0.2) is 30.6 Å². The normalized spacial score (nSPS) is 20.3. The van der Waals surface area contributed by atoms with Crippen LogP contribution in [0.4, 0.5) is 4.39 Å². The maximum absolute atomic E-state index is 14.0. The highest BCUT2D eigenvalue weighted by molar-refractivity contribution is 6.31.